The van der Waals surface area contributed by atoms with Gasteiger partial charge in [-0.15, -0.1) is 0 Å². The lowest BCUT2D eigenvalue weighted by atomic mass is 10.2. The topological polar surface area (TPSA) is 92.3 Å². The Hall–Kier alpha value is -3.04. The molecule has 0 bridgehead atoms. The molecule has 0 fully saturated rings. The van der Waals surface area contributed by atoms with Crippen molar-refractivity contribution in [2.45, 2.75) is 13.0 Å². The first-order valence-electron chi connectivity index (χ1n) is 6.92. The van der Waals surface area contributed by atoms with E-state index in [9.17, 15) is 9.59 Å². The largest absolute Gasteiger partial charge is 0.465 e. The summed E-state index contributed by atoms with van der Waals surface area (Å²) in [6, 6.07) is 11.4. The Kier molecular flexibility index (Phi) is 5.77. The van der Waals surface area contributed by atoms with E-state index in [4.69, 9.17) is 26.0 Å². The molecule has 1 aromatic carbocycles. The first kappa shape index (κ1) is 17.3. The number of esters is 1. The molecule has 1 aromatic heterocycles. The molecule has 6 nitrogen and oxygen atoms in total. The number of nitriles is 1. The van der Waals surface area contributed by atoms with Crippen molar-refractivity contribution in [3.8, 4) is 6.07 Å². The summed E-state index contributed by atoms with van der Waals surface area (Å²) in [6.45, 7) is 1.41. The molecule has 0 saturated carbocycles. The second kappa shape index (κ2) is 7.99. The predicted octanol–water partition coefficient (Wildman–Crippen LogP) is 3.41. The van der Waals surface area contributed by atoms with Gasteiger partial charge in [-0.3, -0.25) is 4.79 Å². The van der Waals surface area contributed by atoms with Crippen LogP contribution in [0.5, 0.6) is 0 Å². The van der Waals surface area contributed by atoms with E-state index in [1.165, 1.54) is 19.3 Å². The molecule has 0 unspecified atom stereocenters. The van der Waals surface area contributed by atoms with E-state index >= 15 is 0 Å². The predicted molar refractivity (Wildman–Crippen MR) is 87.9 cm³/mol. The van der Waals surface area contributed by atoms with Crippen molar-refractivity contribution in [3.63, 3.8) is 0 Å². The van der Waals surface area contributed by atoms with Gasteiger partial charge in [-0.2, -0.15) is 5.26 Å². The van der Waals surface area contributed by atoms with E-state index in [1.54, 1.807) is 42.5 Å². The Balaban J connectivity index is 1.98. The molecule has 0 saturated heterocycles. The Morgan fingerprint density at radius 1 is 1.33 bits per heavy atom. The number of hydrogen-bond donors (Lipinski definition) is 1. The highest BCUT2D eigenvalue weighted by molar-refractivity contribution is 6.30. The number of carbonyl (C=O) groups is 2. The minimum Gasteiger partial charge on any atom is -0.465 e. The van der Waals surface area contributed by atoms with Gasteiger partial charge in [-0.25, -0.2) is 4.79 Å². The van der Waals surface area contributed by atoms with Crippen molar-refractivity contribution in [1.82, 2.24) is 0 Å². The smallest absolute Gasteiger partial charge is 0.349 e. The van der Waals surface area contributed by atoms with Crippen molar-refractivity contribution < 1.29 is 18.7 Å². The van der Waals surface area contributed by atoms with Crippen LogP contribution in [0.3, 0.4) is 0 Å². The van der Waals surface area contributed by atoms with Crippen molar-refractivity contribution in [1.29, 1.82) is 5.26 Å². The Morgan fingerprint density at radius 2 is 2.04 bits per heavy atom. The molecule has 1 heterocycles. The van der Waals surface area contributed by atoms with Crippen LogP contribution >= 0.6 is 11.6 Å². The average Bonchev–Trinajstić information content (AvgIpc) is 3.07. The summed E-state index contributed by atoms with van der Waals surface area (Å²) in [4.78, 5) is 24.0. The molecule has 0 aliphatic rings. The summed E-state index contributed by atoms with van der Waals surface area (Å²) in [5.41, 5.74) is 0.245. The van der Waals surface area contributed by atoms with Gasteiger partial charge in [0.05, 0.1) is 6.26 Å². The maximum atomic E-state index is 12.0. The second-order valence-corrected chi connectivity index (χ2v) is 5.17. The summed E-state index contributed by atoms with van der Waals surface area (Å²) in [7, 11) is 0. The molecule has 2 aromatic rings. The van der Waals surface area contributed by atoms with E-state index in [0.29, 0.717) is 16.5 Å². The van der Waals surface area contributed by atoms with Crippen LogP contribution in [0, 0.1) is 11.3 Å². The van der Waals surface area contributed by atoms with Crippen LogP contribution in [0.2, 0.25) is 5.02 Å². The van der Waals surface area contributed by atoms with Crippen LogP contribution in [-0.4, -0.2) is 18.0 Å². The Labute approximate surface area is 143 Å². The number of halogens is 1. The molecule has 1 amide bonds. The van der Waals surface area contributed by atoms with Crippen molar-refractivity contribution in [3.05, 3.63) is 59.0 Å². The minimum atomic E-state index is -1.08. The Bertz CT molecular complexity index is 789. The van der Waals surface area contributed by atoms with Crippen LogP contribution in [0.25, 0.3) is 6.08 Å². The van der Waals surface area contributed by atoms with E-state index in [-0.39, 0.29) is 5.57 Å². The molecule has 0 aliphatic carbocycles. The number of benzene rings is 1. The maximum Gasteiger partial charge on any atom is 0.349 e. The SMILES string of the molecule is C[C@@H](OC(=O)/C(C#N)=C/c1ccco1)C(=O)Nc1ccc(Cl)cc1. The second-order valence-electron chi connectivity index (χ2n) is 4.73. The highest BCUT2D eigenvalue weighted by atomic mass is 35.5. The standard InChI is InChI=1S/C17H13ClN2O4/c1-11(16(21)20-14-6-4-13(18)5-7-14)24-17(22)12(10-19)9-15-3-2-8-23-15/h2-9,11H,1H3,(H,20,21)/b12-9+/t11-/m1/s1. The van der Waals surface area contributed by atoms with Gasteiger partial charge in [-0.05, 0) is 43.3 Å². The quantitative estimate of drug-likeness (QED) is 0.509. The first-order chi connectivity index (χ1) is 11.5. The maximum absolute atomic E-state index is 12.0. The van der Waals surface area contributed by atoms with E-state index < -0.39 is 18.0 Å². The molecule has 1 atom stereocenters. The fourth-order valence-corrected chi connectivity index (χ4v) is 1.83. The molecular weight excluding hydrogens is 332 g/mol. The minimum absolute atomic E-state index is 0.268. The van der Waals surface area contributed by atoms with E-state index in [0.717, 1.165) is 0 Å². The third-order valence-electron chi connectivity index (χ3n) is 2.93. The fraction of sp³-hybridized carbons (Fsp3) is 0.118. The summed E-state index contributed by atoms with van der Waals surface area (Å²) >= 11 is 5.76. The van der Waals surface area contributed by atoms with Gasteiger partial charge in [0.2, 0.25) is 0 Å². The van der Waals surface area contributed by atoms with E-state index in [2.05, 4.69) is 5.32 Å². The molecule has 0 aliphatic heterocycles. The van der Waals surface area contributed by atoms with Crippen LogP contribution in [-0.2, 0) is 14.3 Å². The van der Waals surface area contributed by atoms with Crippen molar-refractivity contribution in [2.75, 3.05) is 5.32 Å². The lowest BCUT2D eigenvalue weighted by Crippen LogP contribution is -2.30. The van der Waals surface area contributed by atoms with Gasteiger partial charge >= 0.3 is 5.97 Å². The molecule has 24 heavy (non-hydrogen) atoms. The average molecular weight is 345 g/mol. The summed E-state index contributed by atoms with van der Waals surface area (Å²) in [6.07, 6.45) is 1.57. The Morgan fingerprint density at radius 3 is 2.62 bits per heavy atom. The fourth-order valence-electron chi connectivity index (χ4n) is 1.71. The van der Waals surface area contributed by atoms with Gasteiger partial charge in [-0.1, -0.05) is 11.6 Å². The number of nitrogens with one attached hydrogen (secondary N) is 1. The van der Waals surface area contributed by atoms with Crippen LogP contribution in [0.4, 0.5) is 5.69 Å². The number of furan rings is 1. The third-order valence-corrected chi connectivity index (χ3v) is 3.19. The summed E-state index contributed by atoms with van der Waals surface area (Å²) < 4.78 is 10.0. The van der Waals surface area contributed by atoms with Crippen LogP contribution in [0.15, 0.2) is 52.7 Å². The number of rotatable bonds is 5. The molecule has 2 rings (SSSR count). The summed E-state index contributed by atoms with van der Waals surface area (Å²) in [5.74, 6) is -1.10. The number of carbonyl (C=O) groups excluding carboxylic acids is 2. The number of amides is 1. The summed E-state index contributed by atoms with van der Waals surface area (Å²) in [5, 5.41) is 12.2. The lowest BCUT2D eigenvalue weighted by molar-refractivity contribution is -0.148. The van der Waals surface area contributed by atoms with Gasteiger partial charge in [0.25, 0.3) is 5.91 Å². The monoisotopic (exact) mass is 344 g/mol. The first-order valence-corrected chi connectivity index (χ1v) is 7.30. The van der Waals surface area contributed by atoms with Crippen LogP contribution < -0.4 is 5.32 Å². The molecule has 0 spiro atoms. The van der Waals surface area contributed by atoms with Crippen molar-refractivity contribution in [2.24, 2.45) is 0 Å². The lowest BCUT2D eigenvalue weighted by Gasteiger charge is -2.13. The van der Waals surface area contributed by atoms with Gasteiger partial charge in [0.15, 0.2) is 6.10 Å². The molecule has 0 radical (unpaired) electrons. The third kappa shape index (κ3) is 4.73. The zero-order valence-electron chi connectivity index (χ0n) is 12.7. The zero-order chi connectivity index (χ0) is 17.5. The molecular formula is C17H13ClN2O4. The van der Waals surface area contributed by atoms with E-state index in [1.807, 2.05) is 0 Å². The number of nitrogens with zero attached hydrogens (tertiary/aromatic N) is 1. The molecule has 122 valence electrons. The molecule has 7 heteroatoms. The van der Waals surface area contributed by atoms with Crippen LogP contribution in [0.1, 0.15) is 12.7 Å². The van der Waals surface area contributed by atoms with Crippen molar-refractivity contribution >= 4 is 35.2 Å². The number of anilines is 1. The van der Waals surface area contributed by atoms with Gasteiger partial charge in [0, 0.05) is 16.8 Å². The van der Waals surface area contributed by atoms with Gasteiger partial charge < -0.3 is 14.5 Å². The molecule has 1 N–H and O–H groups in total. The zero-order valence-corrected chi connectivity index (χ0v) is 13.4. The number of ether oxygens (including phenoxy) is 1. The van der Waals surface area contributed by atoms with Gasteiger partial charge in [0.1, 0.15) is 17.4 Å². The number of hydrogen-bond acceptors (Lipinski definition) is 5. The highest BCUT2D eigenvalue weighted by Crippen LogP contribution is 2.14. The highest BCUT2D eigenvalue weighted by Gasteiger charge is 2.21. The normalized spacial score (nSPS) is 12.1.